The van der Waals surface area contributed by atoms with E-state index in [2.05, 4.69) is 4.98 Å². The lowest BCUT2D eigenvalue weighted by atomic mass is 9.56. The summed E-state index contributed by atoms with van der Waals surface area (Å²) in [6.07, 6.45) is 1.79. The van der Waals surface area contributed by atoms with Gasteiger partial charge < -0.3 is 9.52 Å². The van der Waals surface area contributed by atoms with Crippen molar-refractivity contribution in [2.75, 3.05) is 9.80 Å². The number of hydrogen-bond acceptors (Lipinski definition) is 7. The Balaban J connectivity index is 1.11. The van der Waals surface area contributed by atoms with Crippen molar-refractivity contribution < 1.29 is 33.1 Å². The highest BCUT2D eigenvalue weighted by atomic mass is 35.5. The van der Waals surface area contributed by atoms with E-state index in [1.807, 2.05) is 30.3 Å². The van der Waals surface area contributed by atoms with Gasteiger partial charge in [-0.3, -0.25) is 24.1 Å². The zero-order valence-electron chi connectivity index (χ0n) is 26.5. The van der Waals surface area contributed by atoms with Crippen LogP contribution in [-0.2, 0) is 19.2 Å². The summed E-state index contributed by atoms with van der Waals surface area (Å²) in [5.74, 6) is -6.22. The van der Waals surface area contributed by atoms with E-state index < -0.39 is 62.9 Å². The molecule has 51 heavy (non-hydrogen) atoms. The molecule has 2 saturated heterocycles. The molecule has 12 heteroatoms. The fraction of sp³-hybridized carbons (Fsp3) is 0.205. The molecule has 9 rings (SSSR count). The van der Waals surface area contributed by atoms with E-state index in [9.17, 15) is 28.7 Å². The summed E-state index contributed by atoms with van der Waals surface area (Å²) in [7, 11) is 0. The first-order chi connectivity index (χ1) is 24.5. The number of amides is 4. The number of carbonyl (C=O) groups excluding carboxylic acids is 4. The molecule has 4 amide bonds. The first-order valence-electron chi connectivity index (χ1n) is 16.4. The van der Waals surface area contributed by atoms with E-state index in [1.165, 1.54) is 29.2 Å². The minimum absolute atomic E-state index is 0.0879. The highest BCUT2D eigenvalue weighted by molar-refractivity contribution is 6.58. The van der Waals surface area contributed by atoms with Crippen LogP contribution in [0, 0.1) is 23.6 Å². The minimum atomic E-state index is -2.09. The summed E-state index contributed by atoms with van der Waals surface area (Å²) in [5, 5.41) is 10.5. The number of hydrogen-bond donors (Lipinski definition) is 1. The smallest absolute Gasteiger partial charge is 0.258 e. The Morgan fingerprint density at radius 3 is 2.24 bits per heavy atom. The third kappa shape index (κ3) is 4.36. The van der Waals surface area contributed by atoms with Gasteiger partial charge in [0, 0.05) is 11.5 Å². The average Bonchev–Trinajstić information content (AvgIpc) is 3.72. The Labute approximate surface area is 299 Å². The lowest BCUT2D eigenvalue weighted by Gasteiger charge is -2.50. The topological polar surface area (TPSA) is 121 Å². The van der Waals surface area contributed by atoms with Crippen LogP contribution in [-0.4, -0.2) is 43.5 Å². The molecule has 9 nitrogen and oxygen atoms in total. The predicted molar refractivity (Wildman–Crippen MR) is 187 cm³/mol. The van der Waals surface area contributed by atoms with E-state index in [-0.39, 0.29) is 24.3 Å². The van der Waals surface area contributed by atoms with Gasteiger partial charge in [-0.25, -0.2) is 14.3 Å². The van der Waals surface area contributed by atoms with Crippen LogP contribution >= 0.6 is 23.2 Å². The maximum atomic E-state index is 14.4. The monoisotopic (exact) mass is 721 g/mol. The van der Waals surface area contributed by atoms with Crippen LogP contribution in [0.5, 0.6) is 5.75 Å². The Kier molecular flexibility index (Phi) is 6.88. The Morgan fingerprint density at radius 2 is 1.51 bits per heavy atom. The molecule has 2 aliphatic heterocycles. The highest BCUT2D eigenvalue weighted by Gasteiger charge is 2.76. The van der Waals surface area contributed by atoms with E-state index in [4.69, 9.17) is 27.6 Å². The SMILES string of the molecule is O=C1C2CC=C3C(CC4(Cl)C(=O)N(c5ccc(F)cc5)C(=O)C4(Cl)C3c3cccc(O)c3)C2C(=O)N1c1ccc(-c2nc3ccccc3o2)cc1. The van der Waals surface area contributed by atoms with Gasteiger partial charge in [-0.15, -0.1) is 23.2 Å². The number of para-hydroxylation sites is 2. The quantitative estimate of drug-likeness (QED) is 0.119. The molecule has 6 atom stereocenters. The summed E-state index contributed by atoms with van der Waals surface area (Å²) in [6, 6.07) is 25.2. The number of halogens is 3. The maximum Gasteiger partial charge on any atom is 0.258 e. The van der Waals surface area contributed by atoms with Gasteiger partial charge in [-0.2, -0.15) is 0 Å². The van der Waals surface area contributed by atoms with Crippen LogP contribution in [0.4, 0.5) is 15.8 Å². The lowest BCUT2D eigenvalue weighted by Crippen LogP contribution is -2.60. The van der Waals surface area contributed by atoms with Crippen LogP contribution < -0.4 is 9.80 Å². The number of carbonyl (C=O) groups is 4. The standard InChI is InChI=1S/C39H26Cl2FN3O6/c40-38-19-28-26(32(21-4-3-5-25(46)18-21)39(38,41)37(50)45(36(38)49)24-14-10-22(42)11-15-24)16-17-27-31(28)35(48)44(34(27)47)23-12-8-20(9-13-23)33-43-29-6-1-2-7-30(29)51-33/h1-16,18,27-28,31-32,46H,17,19H2. The number of phenolic OH excluding ortho intramolecular Hbond substituents is 1. The fourth-order valence-electron chi connectivity index (χ4n) is 8.48. The number of alkyl halides is 2. The van der Waals surface area contributed by atoms with E-state index in [1.54, 1.807) is 36.4 Å². The van der Waals surface area contributed by atoms with Crippen molar-refractivity contribution in [3.05, 3.63) is 120 Å². The highest BCUT2D eigenvalue weighted by Crippen LogP contribution is 2.66. The molecule has 0 bridgehead atoms. The summed E-state index contributed by atoms with van der Waals surface area (Å²) in [4.78, 5) is 59.7. The molecule has 1 N–H and O–H groups in total. The molecule has 3 heterocycles. The van der Waals surface area contributed by atoms with E-state index >= 15 is 0 Å². The number of benzene rings is 4. The molecule has 0 radical (unpaired) electrons. The number of nitrogens with zero attached hydrogens (tertiary/aromatic N) is 3. The molecule has 254 valence electrons. The molecular formula is C39H26Cl2FN3O6. The Morgan fingerprint density at radius 1 is 0.804 bits per heavy atom. The summed E-state index contributed by atoms with van der Waals surface area (Å²) in [6.45, 7) is 0. The van der Waals surface area contributed by atoms with Gasteiger partial charge in [0.1, 0.15) is 17.1 Å². The van der Waals surface area contributed by atoms with Gasteiger partial charge in [0.25, 0.3) is 11.8 Å². The Bertz CT molecular complexity index is 2330. The molecule has 5 aromatic rings. The first-order valence-corrected chi connectivity index (χ1v) is 17.1. The van der Waals surface area contributed by atoms with Gasteiger partial charge in [0.2, 0.25) is 17.7 Å². The third-order valence-corrected chi connectivity index (χ3v) is 12.2. The second-order valence-corrected chi connectivity index (χ2v) is 14.6. The second-order valence-electron chi connectivity index (χ2n) is 13.4. The van der Waals surface area contributed by atoms with E-state index in [0.29, 0.717) is 39.4 Å². The summed E-state index contributed by atoms with van der Waals surface area (Å²) < 4.78 is 19.8. The zero-order chi connectivity index (χ0) is 35.4. The van der Waals surface area contributed by atoms with Crippen molar-refractivity contribution in [2.45, 2.75) is 28.5 Å². The predicted octanol–water partition coefficient (Wildman–Crippen LogP) is 7.11. The lowest BCUT2D eigenvalue weighted by molar-refractivity contribution is -0.125. The largest absolute Gasteiger partial charge is 0.508 e. The summed E-state index contributed by atoms with van der Waals surface area (Å²) >= 11 is 14.8. The maximum absolute atomic E-state index is 14.4. The van der Waals surface area contributed by atoms with Crippen molar-refractivity contribution in [2.24, 2.45) is 17.8 Å². The van der Waals surface area contributed by atoms with Crippen LogP contribution in [0.3, 0.4) is 0 Å². The molecule has 6 unspecified atom stereocenters. The molecule has 4 aromatic carbocycles. The molecule has 0 spiro atoms. The number of aromatic hydroxyl groups is 1. The van der Waals surface area contributed by atoms with Crippen molar-refractivity contribution in [1.82, 2.24) is 4.98 Å². The Hall–Kier alpha value is -5.32. The van der Waals surface area contributed by atoms with Crippen molar-refractivity contribution >= 4 is 69.3 Å². The number of imide groups is 2. The van der Waals surface area contributed by atoms with Crippen molar-refractivity contribution in [3.63, 3.8) is 0 Å². The van der Waals surface area contributed by atoms with Crippen LogP contribution in [0.2, 0.25) is 0 Å². The average molecular weight is 723 g/mol. The zero-order valence-corrected chi connectivity index (χ0v) is 28.0. The number of oxazole rings is 1. The number of rotatable bonds is 4. The number of allylic oxidation sites excluding steroid dienone is 2. The van der Waals surface area contributed by atoms with Crippen molar-refractivity contribution in [3.8, 4) is 17.2 Å². The van der Waals surface area contributed by atoms with Gasteiger partial charge >= 0.3 is 0 Å². The second kappa shape index (κ2) is 11.1. The van der Waals surface area contributed by atoms with Crippen molar-refractivity contribution in [1.29, 1.82) is 0 Å². The number of phenols is 1. The van der Waals surface area contributed by atoms with Gasteiger partial charge in [0.15, 0.2) is 15.3 Å². The number of anilines is 2. The first kappa shape index (κ1) is 31.6. The van der Waals surface area contributed by atoms with Gasteiger partial charge in [-0.05, 0) is 97.1 Å². The van der Waals surface area contributed by atoms with Crippen LogP contribution in [0.25, 0.3) is 22.6 Å². The molecular weight excluding hydrogens is 696 g/mol. The molecule has 3 fully saturated rings. The fourth-order valence-corrected chi connectivity index (χ4v) is 9.42. The molecule has 2 aliphatic carbocycles. The molecule has 4 aliphatic rings. The number of fused-ring (bicyclic) bond motifs is 5. The molecule has 1 aromatic heterocycles. The normalized spacial score (nSPS) is 28.6. The van der Waals surface area contributed by atoms with Crippen LogP contribution in [0.1, 0.15) is 24.3 Å². The van der Waals surface area contributed by atoms with Gasteiger partial charge in [-0.1, -0.05) is 35.9 Å². The third-order valence-electron chi connectivity index (χ3n) is 10.8. The minimum Gasteiger partial charge on any atom is -0.508 e. The number of aromatic nitrogens is 1. The molecule has 1 saturated carbocycles. The van der Waals surface area contributed by atoms with E-state index in [0.717, 1.165) is 17.0 Å². The summed E-state index contributed by atoms with van der Waals surface area (Å²) in [5.41, 5.74) is 3.44. The van der Waals surface area contributed by atoms with Gasteiger partial charge in [0.05, 0.1) is 23.2 Å². The van der Waals surface area contributed by atoms with Crippen LogP contribution in [0.15, 0.2) is 113 Å².